The molecule has 134 valence electrons. The fraction of sp³-hybridized carbons (Fsp3) is 0.429. The van der Waals surface area contributed by atoms with Gasteiger partial charge >= 0.3 is 0 Å². The summed E-state index contributed by atoms with van der Waals surface area (Å²) in [6, 6.07) is 0. The first-order valence-corrected chi connectivity index (χ1v) is 8.37. The zero-order valence-electron chi connectivity index (χ0n) is 15.5. The van der Waals surface area contributed by atoms with E-state index in [1.807, 2.05) is 6.92 Å². The third-order valence-electron chi connectivity index (χ3n) is 4.43. The van der Waals surface area contributed by atoms with Crippen molar-refractivity contribution < 1.29 is 14.7 Å². The van der Waals surface area contributed by atoms with E-state index >= 15 is 0 Å². The maximum absolute atomic E-state index is 12.3. The third-order valence-corrected chi connectivity index (χ3v) is 4.43. The molecule has 1 aliphatic rings. The van der Waals surface area contributed by atoms with Crippen molar-refractivity contribution in [3.05, 3.63) is 46.8 Å². The molecule has 0 aromatic rings. The molecule has 0 heterocycles. The van der Waals surface area contributed by atoms with Gasteiger partial charge in [0.1, 0.15) is 5.76 Å². The fourth-order valence-corrected chi connectivity index (χ4v) is 3.26. The monoisotopic (exact) mass is 341 g/mol. The standard InChI is InChI=1S/C21H27NO3/c1-7-8-15(5)20(21(25)22-16(6)23)19(24)12-17-11-14(4)9-10-18(17)13(2)3/h1,8,11,17-18,24H,2,9-10,12H2,3-6H3,(H,22,23,25)/b15-8-,20-19-. The average molecular weight is 341 g/mol. The third kappa shape index (κ3) is 5.79. The van der Waals surface area contributed by atoms with Crippen LogP contribution < -0.4 is 5.32 Å². The number of hydrogen-bond acceptors (Lipinski definition) is 3. The van der Waals surface area contributed by atoms with Crippen LogP contribution in [0.25, 0.3) is 0 Å². The lowest BCUT2D eigenvalue weighted by Gasteiger charge is -2.30. The summed E-state index contributed by atoms with van der Waals surface area (Å²) in [6.45, 7) is 11.0. The molecule has 4 nitrogen and oxygen atoms in total. The summed E-state index contributed by atoms with van der Waals surface area (Å²) in [6.07, 6.45) is 11.1. The Bertz CT molecular complexity index is 701. The van der Waals surface area contributed by atoms with Crippen molar-refractivity contribution in [2.24, 2.45) is 11.8 Å². The molecule has 4 heteroatoms. The van der Waals surface area contributed by atoms with E-state index in [0.717, 1.165) is 18.4 Å². The summed E-state index contributed by atoms with van der Waals surface area (Å²) < 4.78 is 0. The molecule has 2 unspecified atom stereocenters. The zero-order valence-corrected chi connectivity index (χ0v) is 15.5. The van der Waals surface area contributed by atoms with E-state index in [1.54, 1.807) is 6.92 Å². The molecular weight excluding hydrogens is 314 g/mol. The van der Waals surface area contributed by atoms with Crippen LogP contribution in [-0.4, -0.2) is 16.9 Å². The quantitative estimate of drug-likeness (QED) is 0.261. The Hall–Kier alpha value is -2.54. The van der Waals surface area contributed by atoms with E-state index in [0.29, 0.717) is 12.0 Å². The summed E-state index contributed by atoms with van der Waals surface area (Å²) in [5, 5.41) is 12.9. The van der Waals surface area contributed by atoms with Gasteiger partial charge in [-0.25, -0.2) is 0 Å². The molecule has 1 aliphatic carbocycles. The number of aliphatic hydroxyl groups excluding tert-OH is 1. The normalized spacial score (nSPS) is 21.6. The van der Waals surface area contributed by atoms with Crippen molar-refractivity contribution in [1.29, 1.82) is 0 Å². The van der Waals surface area contributed by atoms with Crippen molar-refractivity contribution in [2.45, 2.75) is 47.0 Å². The molecule has 0 fully saturated rings. The van der Waals surface area contributed by atoms with Crippen molar-refractivity contribution >= 4 is 11.8 Å². The second-order valence-corrected chi connectivity index (χ2v) is 6.70. The molecule has 0 saturated heterocycles. The van der Waals surface area contributed by atoms with Gasteiger partial charge in [0.25, 0.3) is 5.91 Å². The van der Waals surface area contributed by atoms with E-state index in [4.69, 9.17) is 6.42 Å². The molecule has 0 radical (unpaired) electrons. The topological polar surface area (TPSA) is 66.4 Å². The number of aliphatic hydroxyl groups is 1. The fourth-order valence-electron chi connectivity index (χ4n) is 3.26. The van der Waals surface area contributed by atoms with Crippen LogP contribution in [0.5, 0.6) is 0 Å². The molecule has 0 aliphatic heterocycles. The van der Waals surface area contributed by atoms with Crippen LogP contribution in [0.2, 0.25) is 0 Å². The van der Waals surface area contributed by atoms with Crippen LogP contribution in [-0.2, 0) is 9.59 Å². The lowest BCUT2D eigenvalue weighted by atomic mass is 9.75. The summed E-state index contributed by atoms with van der Waals surface area (Å²) in [5.41, 5.74) is 2.83. The lowest BCUT2D eigenvalue weighted by Crippen LogP contribution is -2.31. The summed E-state index contributed by atoms with van der Waals surface area (Å²) in [5.74, 6) is 1.47. The number of carbonyl (C=O) groups excluding carboxylic acids is 2. The smallest absolute Gasteiger partial charge is 0.261 e. The Morgan fingerprint density at radius 2 is 2.08 bits per heavy atom. The minimum atomic E-state index is -0.641. The highest BCUT2D eigenvalue weighted by Crippen LogP contribution is 2.37. The van der Waals surface area contributed by atoms with E-state index in [-0.39, 0.29) is 23.2 Å². The SMILES string of the molecule is C#C/C=C(C)\C(C(=O)NC(C)=O)=C(\O)CC1C=C(C)CCC1C(=C)C. The number of nitrogens with one attached hydrogen (secondary N) is 1. The minimum absolute atomic E-state index is 0.0602. The number of amides is 2. The van der Waals surface area contributed by atoms with Crippen molar-refractivity contribution in [3.8, 4) is 12.3 Å². The van der Waals surface area contributed by atoms with E-state index in [1.165, 1.54) is 18.6 Å². The summed E-state index contributed by atoms with van der Waals surface area (Å²) in [4.78, 5) is 23.6. The maximum Gasteiger partial charge on any atom is 0.261 e. The predicted molar refractivity (Wildman–Crippen MR) is 100 cm³/mol. The number of allylic oxidation sites excluding steroid dienone is 5. The van der Waals surface area contributed by atoms with Crippen molar-refractivity contribution in [1.82, 2.24) is 5.32 Å². The second-order valence-electron chi connectivity index (χ2n) is 6.70. The summed E-state index contributed by atoms with van der Waals surface area (Å²) in [7, 11) is 0. The Morgan fingerprint density at radius 1 is 1.44 bits per heavy atom. The zero-order chi connectivity index (χ0) is 19.1. The van der Waals surface area contributed by atoms with Crippen LogP contribution in [0.1, 0.15) is 47.0 Å². The largest absolute Gasteiger partial charge is 0.511 e. The van der Waals surface area contributed by atoms with Crippen molar-refractivity contribution in [3.63, 3.8) is 0 Å². The molecule has 2 atom stereocenters. The highest BCUT2D eigenvalue weighted by Gasteiger charge is 2.27. The highest BCUT2D eigenvalue weighted by atomic mass is 16.3. The lowest BCUT2D eigenvalue weighted by molar-refractivity contribution is -0.127. The van der Waals surface area contributed by atoms with Gasteiger partial charge in [-0.2, -0.15) is 0 Å². The molecular formula is C21H27NO3. The first-order valence-electron chi connectivity index (χ1n) is 8.37. The first-order chi connectivity index (χ1) is 11.7. The number of carbonyl (C=O) groups is 2. The van der Waals surface area contributed by atoms with Gasteiger partial charge in [-0.1, -0.05) is 29.7 Å². The van der Waals surface area contributed by atoms with Crippen LogP contribution in [0.15, 0.2) is 46.8 Å². The van der Waals surface area contributed by atoms with Crippen LogP contribution >= 0.6 is 0 Å². The minimum Gasteiger partial charge on any atom is -0.511 e. The van der Waals surface area contributed by atoms with Gasteiger partial charge in [0.05, 0.1) is 5.57 Å². The molecule has 25 heavy (non-hydrogen) atoms. The van der Waals surface area contributed by atoms with Gasteiger partial charge in [0.2, 0.25) is 5.91 Å². The van der Waals surface area contributed by atoms with Crippen LogP contribution in [0.3, 0.4) is 0 Å². The van der Waals surface area contributed by atoms with Crippen LogP contribution in [0, 0.1) is 24.2 Å². The molecule has 2 N–H and O–H groups in total. The van der Waals surface area contributed by atoms with Gasteiger partial charge in [0.15, 0.2) is 0 Å². The van der Waals surface area contributed by atoms with Gasteiger partial charge in [-0.15, -0.1) is 6.42 Å². The molecule has 0 spiro atoms. The maximum atomic E-state index is 12.3. The molecule has 0 aromatic carbocycles. The summed E-state index contributed by atoms with van der Waals surface area (Å²) >= 11 is 0. The Labute approximate surface area is 150 Å². The molecule has 1 rings (SSSR count). The molecule has 0 bridgehead atoms. The highest BCUT2D eigenvalue weighted by molar-refractivity contribution is 6.06. The number of rotatable bonds is 5. The number of terminal acetylenes is 1. The van der Waals surface area contributed by atoms with E-state index < -0.39 is 11.8 Å². The van der Waals surface area contributed by atoms with E-state index in [9.17, 15) is 14.7 Å². The van der Waals surface area contributed by atoms with E-state index in [2.05, 4.69) is 30.8 Å². The first kappa shape index (κ1) is 20.5. The Morgan fingerprint density at radius 3 is 2.60 bits per heavy atom. The van der Waals surface area contributed by atoms with Gasteiger partial charge in [-0.05, 0) is 57.1 Å². The van der Waals surface area contributed by atoms with Gasteiger partial charge < -0.3 is 5.11 Å². The van der Waals surface area contributed by atoms with Crippen LogP contribution in [0.4, 0.5) is 0 Å². The van der Waals surface area contributed by atoms with Crippen molar-refractivity contribution in [2.75, 3.05) is 0 Å². The number of imide groups is 1. The molecule has 2 amide bonds. The Kier molecular flexibility index (Phi) is 7.44. The van der Waals surface area contributed by atoms with Gasteiger partial charge in [0, 0.05) is 13.3 Å². The van der Waals surface area contributed by atoms with Gasteiger partial charge in [-0.3, -0.25) is 14.9 Å². The molecule has 0 aromatic heterocycles. The second kappa shape index (κ2) is 9.08. The number of hydrogen-bond donors (Lipinski definition) is 2. The average Bonchev–Trinajstić information content (AvgIpc) is 2.46. The molecule has 0 saturated carbocycles. The Balaban J connectivity index is 3.26. The predicted octanol–water partition coefficient (Wildman–Crippen LogP) is 3.98.